The molecule has 1 heterocycles. The molecule has 5 heteroatoms. The van der Waals surface area contributed by atoms with Crippen LogP contribution in [0.5, 0.6) is 0 Å². The Bertz CT molecular complexity index is 448. The van der Waals surface area contributed by atoms with E-state index in [9.17, 15) is 4.79 Å². The third-order valence-corrected chi connectivity index (χ3v) is 4.18. The number of carbonyl (C=O) groups is 1. The summed E-state index contributed by atoms with van der Waals surface area (Å²) in [7, 11) is 0. The Hall–Kier alpha value is -1.20. The monoisotopic (exact) mass is 294 g/mol. The number of amides is 1. The highest BCUT2D eigenvalue weighted by Gasteiger charge is 2.14. The minimum Gasteiger partial charge on any atom is -0.360 e. The number of hydrogen-bond donors (Lipinski definition) is 2. The van der Waals surface area contributed by atoms with Gasteiger partial charge in [-0.05, 0) is 42.6 Å². The largest absolute Gasteiger partial charge is 0.360 e. The molecular weight excluding hydrogens is 276 g/mol. The summed E-state index contributed by atoms with van der Waals surface area (Å²) in [6.07, 6.45) is 9.38. The fourth-order valence-electron chi connectivity index (χ4n) is 2.17. The van der Waals surface area contributed by atoms with Crippen LogP contribution in [0.3, 0.4) is 0 Å². The van der Waals surface area contributed by atoms with Gasteiger partial charge in [0, 0.05) is 17.0 Å². The third-order valence-electron chi connectivity index (χ3n) is 3.12. The quantitative estimate of drug-likeness (QED) is 0.665. The molecule has 1 aromatic heterocycles. The van der Waals surface area contributed by atoms with E-state index in [0.29, 0.717) is 11.2 Å². The van der Waals surface area contributed by atoms with Crippen LogP contribution in [0.4, 0.5) is 0 Å². The first-order valence-corrected chi connectivity index (χ1v) is 7.86. The molecule has 19 heavy (non-hydrogen) atoms. The molecule has 0 radical (unpaired) electrons. The van der Waals surface area contributed by atoms with Gasteiger partial charge in [0.1, 0.15) is 0 Å². The molecule has 1 amide bonds. The molecule has 0 aromatic carbocycles. The predicted molar refractivity (Wildman–Crippen MR) is 84.1 cm³/mol. The molecule has 0 bridgehead atoms. The van der Waals surface area contributed by atoms with E-state index in [1.807, 2.05) is 17.5 Å². The van der Waals surface area contributed by atoms with E-state index >= 15 is 0 Å². The summed E-state index contributed by atoms with van der Waals surface area (Å²) >= 11 is 6.75. The lowest BCUT2D eigenvalue weighted by Crippen LogP contribution is -2.44. The lowest BCUT2D eigenvalue weighted by Gasteiger charge is -2.23. The SMILES string of the molecule is O=C(C=Cc1cccs1)NC(=S)NC1CCCCC1. The van der Waals surface area contributed by atoms with Crippen molar-refractivity contribution in [1.29, 1.82) is 0 Å². The molecule has 102 valence electrons. The maximum absolute atomic E-state index is 11.7. The minimum atomic E-state index is -0.179. The Morgan fingerprint density at radius 2 is 2.16 bits per heavy atom. The van der Waals surface area contributed by atoms with Gasteiger partial charge in [0.15, 0.2) is 5.11 Å². The van der Waals surface area contributed by atoms with Gasteiger partial charge in [-0.25, -0.2) is 0 Å². The van der Waals surface area contributed by atoms with Crippen LogP contribution < -0.4 is 10.6 Å². The standard InChI is InChI=1S/C14H18N2OS2/c17-13(9-8-12-7-4-10-19-12)16-14(18)15-11-5-2-1-3-6-11/h4,7-11H,1-3,5-6H2,(H2,15,16,17,18). The molecule has 3 nitrogen and oxygen atoms in total. The first-order valence-electron chi connectivity index (χ1n) is 6.57. The molecule has 0 atom stereocenters. The normalized spacial score (nSPS) is 16.4. The molecule has 1 fully saturated rings. The Morgan fingerprint density at radius 1 is 1.37 bits per heavy atom. The lowest BCUT2D eigenvalue weighted by molar-refractivity contribution is -0.115. The van der Waals surface area contributed by atoms with Crippen molar-refractivity contribution in [2.24, 2.45) is 0 Å². The molecule has 0 aliphatic heterocycles. The number of thiocarbonyl (C=S) groups is 1. The molecular formula is C14H18N2OS2. The summed E-state index contributed by atoms with van der Waals surface area (Å²) in [5, 5.41) is 8.32. The van der Waals surface area contributed by atoms with E-state index in [4.69, 9.17) is 12.2 Å². The summed E-state index contributed by atoms with van der Waals surface area (Å²) in [6, 6.07) is 4.34. The maximum atomic E-state index is 11.7. The first kappa shape index (κ1) is 14.2. The number of hydrogen-bond acceptors (Lipinski definition) is 3. The zero-order valence-corrected chi connectivity index (χ0v) is 12.4. The number of carbonyl (C=O) groups excluding carboxylic acids is 1. The minimum absolute atomic E-state index is 0.179. The molecule has 1 saturated carbocycles. The fourth-order valence-corrected chi connectivity index (χ4v) is 3.05. The van der Waals surface area contributed by atoms with E-state index in [-0.39, 0.29) is 5.91 Å². The average molecular weight is 294 g/mol. The van der Waals surface area contributed by atoms with Gasteiger partial charge in [0.25, 0.3) is 0 Å². The molecule has 2 rings (SSSR count). The average Bonchev–Trinajstić information content (AvgIpc) is 2.90. The molecule has 2 N–H and O–H groups in total. The Kier molecular flexibility index (Phi) is 5.54. The predicted octanol–water partition coefficient (Wildman–Crippen LogP) is 3.08. The van der Waals surface area contributed by atoms with Crippen molar-refractivity contribution in [2.75, 3.05) is 0 Å². The van der Waals surface area contributed by atoms with E-state index in [0.717, 1.165) is 17.7 Å². The van der Waals surface area contributed by atoms with Crippen molar-refractivity contribution < 1.29 is 4.79 Å². The third kappa shape index (κ3) is 5.12. The van der Waals surface area contributed by atoms with Crippen LogP contribution >= 0.6 is 23.6 Å². The molecule has 1 aliphatic carbocycles. The van der Waals surface area contributed by atoms with Crippen LogP contribution in [0.15, 0.2) is 23.6 Å². The Morgan fingerprint density at radius 3 is 2.84 bits per heavy atom. The summed E-state index contributed by atoms with van der Waals surface area (Å²) in [5.74, 6) is -0.179. The smallest absolute Gasteiger partial charge is 0.250 e. The van der Waals surface area contributed by atoms with Crippen molar-refractivity contribution >= 4 is 40.7 Å². The maximum Gasteiger partial charge on any atom is 0.250 e. The highest BCUT2D eigenvalue weighted by molar-refractivity contribution is 7.80. The van der Waals surface area contributed by atoms with Gasteiger partial charge >= 0.3 is 0 Å². The van der Waals surface area contributed by atoms with E-state index < -0.39 is 0 Å². The number of thiophene rings is 1. The summed E-state index contributed by atoms with van der Waals surface area (Å²) in [6.45, 7) is 0. The van der Waals surface area contributed by atoms with Crippen LogP contribution in [-0.4, -0.2) is 17.1 Å². The van der Waals surface area contributed by atoms with Gasteiger partial charge in [-0.1, -0.05) is 25.3 Å². The van der Waals surface area contributed by atoms with Gasteiger partial charge in [-0.2, -0.15) is 0 Å². The summed E-state index contributed by atoms with van der Waals surface area (Å²) < 4.78 is 0. The van der Waals surface area contributed by atoms with Crippen molar-refractivity contribution in [3.8, 4) is 0 Å². The van der Waals surface area contributed by atoms with Gasteiger partial charge in [-0.15, -0.1) is 11.3 Å². The van der Waals surface area contributed by atoms with Gasteiger partial charge in [-0.3, -0.25) is 10.1 Å². The highest BCUT2D eigenvalue weighted by atomic mass is 32.1. The van der Waals surface area contributed by atoms with Crippen LogP contribution in [-0.2, 0) is 4.79 Å². The first-order chi connectivity index (χ1) is 9.24. The van der Waals surface area contributed by atoms with Gasteiger partial charge in [0.05, 0.1) is 0 Å². The van der Waals surface area contributed by atoms with Crippen LogP contribution in [0, 0.1) is 0 Å². The van der Waals surface area contributed by atoms with Crippen molar-refractivity contribution in [1.82, 2.24) is 10.6 Å². The highest BCUT2D eigenvalue weighted by Crippen LogP contribution is 2.17. The Balaban J connectivity index is 1.73. The van der Waals surface area contributed by atoms with Crippen LogP contribution in [0.2, 0.25) is 0 Å². The molecule has 1 aliphatic rings. The number of nitrogens with one attached hydrogen (secondary N) is 2. The summed E-state index contributed by atoms with van der Waals surface area (Å²) in [4.78, 5) is 12.7. The second kappa shape index (κ2) is 7.40. The van der Waals surface area contributed by atoms with Crippen LogP contribution in [0.25, 0.3) is 6.08 Å². The Labute approximate surface area is 123 Å². The fraction of sp³-hybridized carbons (Fsp3) is 0.429. The zero-order chi connectivity index (χ0) is 13.5. The van der Waals surface area contributed by atoms with Gasteiger partial charge < -0.3 is 5.32 Å². The van der Waals surface area contributed by atoms with E-state index in [1.165, 1.54) is 25.3 Å². The van der Waals surface area contributed by atoms with Crippen molar-refractivity contribution in [3.63, 3.8) is 0 Å². The molecule has 0 spiro atoms. The lowest BCUT2D eigenvalue weighted by atomic mass is 9.96. The molecule has 0 saturated heterocycles. The number of rotatable bonds is 3. The molecule has 0 unspecified atom stereocenters. The van der Waals surface area contributed by atoms with Crippen molar-refractivity contribution in [2.45, 2.75) is 38.1 Å². The van der Waals surface area contributed by atoms with E-state index in [2.05, 4.69) is 10.6 Å². The van der Waals surface area contributed by atoms with E-state index in [1.54, 1.807) is 17.4 Å². The topological polar surface area (TPSA) is 41.1 Å². The zero-order valence-electron chi connectivity index (χ0n) is 10.7. The van der Waals surface area contributed by atoms with Gasteiger partial charge in [0.2, 0.25) is 5.91 Å². The second-order valence-electron chi connectivity index (χ2n) is 4.65. The van der Waals surface area contributed by atoms with Crippen LogP contribution in [0.1, 0.15) is 37.0 Å². The molecule has 1 aromatic rings. The summed E-state index contributed by atoms with van der Waals surface area (Å²) in [5.41, 5.74) is 0. The second-order valence-corrected chi connectivity index (χ2v) is 6.03. The van der Waals surface area contributed by atoms with Crippen molar-refractivity contribution in [3.05, 3.63) is 28.5 Å².